The minimum absolute atomic E-state index is 0. The van der Waals surface area contributed by atoms with Crippen molar-refractivity contribution in [3.63, 3.8) is 0 Å². The first kappa shape index (κ1) is 14.5. The summed E-state index contributed by atoms with van der Waals surface area (Å²) in [5.74, 6) is -0.795. The van der Waals surface area contributed by atoms with Gasteiger partial charge in [-0.2, -0.15) is 0 Å². The van der Waals surface area contributed by atoms with Crippen LogP contribution in [0.1, 0.15) is 5.56 Å². The van der Waals surface area contributed by atoms with Crippen molar-refractivity contribution in [1.29, 1.82) is 0 Å². The van der Waals surface area contributed by atoms with E-state index < -0.39 is 12.0 Å². The predicted octanol–water partition coefficient (Wildman–Crippen LogP) is 1.77. The van der Waals surface area contributed by atoms with Crippen LogP contribution < -0.4 is 5.73 Å². The molecule has 98 valence electrons. The zero-order valence-corrected chi connectivity index (χ0v) is 10.6. The van der Waals surface area contributed by atoms with Crippen molar-refractivity contribution in [2.45, 2.75) is 12.5 Å². The quantitative estimate of drug-likeness (QED) is 0.837. The summed E-state index contributed by atoms with van der Waals surface area (Å²) in [6, 6.07) is 4.05. The predicted molar refractivity (Wildman–Crippen MR) is 69.2 cm³/mol. The Bertz CT molecular complexity index is 556. The number of halogens is 2. The summed E-state index contributed by atoms with van der Waals surface area (Å²) in [5.41, 5.74) is 6.90. The number of nitrogens with two attached hydrogens (primary N) is 1. The lowest BCUT2D eigenvalue weighted by Crippen LogP contribution is -2.33. The van der Waals surface area contributed by atoms with Crippen LogP contribution in [0.2, 0.25) is 0 Å². The van der Waals surface area contributed by atoms with E-state index in [1.807, 2.05) is 0 Å². The number of aromatic amines is 1. The average molecular weight is 273 g/mol. The molecule has 0 aliphatic rings. The topological polar surface area (TPSA) is 68.1 Å². The number of carbonyl (C=O) groups excluding carboxylic acids is 1. The Hall–Kier alpha value is -1.59. The molecule has 6 heteroatoms. The van der Waals surface area contributed by atoms with Crippen molar-refractivity contribution < 1.29 is 13.9 Å². The smallest absolute Gasteiger partial charge is 0.322 e. The Balaban J connectivity index is 0.00000162. The van der Waals surface area contributed by atoms with Crippen LogP contribution in [-0.2, 0) is 16.0 Å². The molecule has 0 radical (unpaired) electrons. The van der Waals surface area contributed by atoms with E-state index in [0.29, 0.717) is 11.9 Å². The molecule has 0 bridgehead atoms. The number of carbonyl (C=O) groups is 1. The van der Waals surface area contributed by atoms with Crippen molar-refractivity contribution in [2.24, 2.45) is 5.73 Å². The SMILES string of the molecule is COC(=O)C(N)Cc1c[nH]c2c(F)cccc12.Cl. The zero-order valence-electron chi connectivity index (χ0n) is 9.77. The maximum atomic E-state index is 13.4. The second-order valence-corrected chi connectivity index (χ2v) is 3.81. The number of hydrogen-bond acceptors (Lipinski definition) is 3. The molecule has 0 saturated carbocycles. The number of methoxy groups -OCH3 is 1. The van der Waals surface area contributed by atoms with Gasteiger partial charge in [0.25, 0.3) is 0 Å². The van der Waals surface area contributed by atoms with Crippen LogP contribution in [0.4, 0.5) is 4.39 Å². The van der Waals surface area contributed by atoms with Crippen LogP contribution in [0.25, 0.3) is 10.9 Å². The Labute approximate surface area is 110 Å². The molecule has 1 heterocycles. The second-order valence-electron chi connectivity index (χ2n) is 3.81. The molecule has 18 heavy (non-hydrogen) atoms. The van der Waals surface area contributed by atoms with Crippen LogP contribution in [-0.4, -0.2) is 24.1 Å². The van der Waals surface area contributed by atoms with Crippen LogP contribution in [0.15, 0.2) is 24.4 Å². The van der Waals surface area contributed by atoms with Gasteiger partial charge in [-0.25, -0.2) is 4.39 Å². The lowest BCUT2D eigenvalue weighted by molar-refractivity contribution is -0.142. The number of hydrogen-bond donors (Lipinski definition) is 2. The highest BCUT2D eigenvalue weighted by Gasteiger charge is 2.17. The Morgan fingerprint density at radius 1 is 1.56 bits per heavy atom. The summed E-state index contributed by atoms with van der Waals surface area (Å²) in [4.78, 5) is 14.0. The van der Waals surface area contributed by atoms with Gasteiger partial charge in [-0.15, -0.1) is 12.4 Å². The van der Waals surface area contributed by atoms with Crippen molar-refractivity contribution in [3.8, 4) is 0 Å². The van der Waals surface area contributed by atoms with Crippen LogP contribution in [0, 0.1) is 5.82 Å². The highest BCUT2D eigenvalue weighted by atomic mass is 35.5. The zero-order chi connectivity index (χ0) is 12.4. The molecule has 1 aromatic carbocycles. The minimum Gasteiger partial charge on any atom is -0.468 e. The number of ether oxygens (including phenoxy) is 1. The highest BCUT2D eigenvalue weighted by Crippen LogP contribution is 2.21. The largest absolute Gasteiger partial charge is 0.468 e. The standard InChI is InChI=1S/C12H13FN2O2.ClH/c1-17-12(16)10(14)5-7-6-15-11-8(7)3-2-4-9(11)13;/h2-4,6,10,15H,5,14H2,1H3;1H. The van der Waals surface area contributed by atoms with Gasteiger partial charge in [0.2, 0.25) is 0 Å². The van der Waals surface area contributed by atoms with Crippen LogP contribution in [0.3, 0.4) is 0 Å². The third-order valence-corrected chi connectivity index (χ3v) is 2.69. The summed E-state index contributed by atoms with van der Waals surface area (Å²) < 4.78 is 18.0. The molecule has 4 nitrogen and oxygen atoms in total. The highest BCUT2D eigenvalue weighted by molar-refractivity contribution is 5.85. The first-order chi connectivity index (χ1) is 8.13. The molecule has 0 amide bonds. The third-order valence-electron chi connectivity index (χ3n) is 2.69. The molecule has 0 spiro atoms. The molecule has 3 N–H and O–H groups in total. The van der Waals surface area contributed by atoms with Gasteiger partial charge in [0.15, 0.2) is 0 Å². The summed E-state index contributed by atoms with van der Waals surface area (Å²) >= 11 is 0. The number of rotatable bonds is 3. The van der Waals surface area contributed by atoms with E-state index in [0.717, 1.165) is 10.9 Å². The molecule has 1 unspecified atom stereocenters. The monoisotopic (exact) mass is 272 g/mol. The van der Waals surface area contributed by atoms with Crippen LogP contribution in [0.5, 0.6) is 0 Å². The van der Waals surface area contributed by atoms with Crippen LogP contribution >= 0.6 is 12.4 Å². The first-order valence-corrected chi connectivity index (χ1v) is 5.21. The summed E-state index contributed by atoms with van der Waals surface area (Å²) in [6.45, 7) is 0. The Kier molecular flexibility index (Phi) is 4.69. The number of esters is 1. The maximum Gasteiger partial charge on any atom is 0.322 e. The molecule has 0 aliphatic heterocycles. The van der Waals surface area contributed by atoms with E-state index in [1.54, 1.807) is 18.3 Å². The average Bonchev–Trinajstić information content (AvgIpc) is 2.73. The number of benzene rings is 1. The van der Waals surface area contributed by atoms with Crippen molar-refractivity contribution in [2.75, 3.05) is 7.11 Å². The van der Waals surface area contributed by atoms with Gasteiger partial charge >= 0.3 is 5.97 Å². The lowest BCUT2D eigenvalue weighted by atomic mass is 10.1. The number of para-hydroxylation sites is 1. The van der Waals surface area contributed by atoms with Gasteiger partial charge in [0.1, 0.15) is 11.9 Å². The molecular weight excluding hydrogens is 259 g/mol. The fourth-order valence-electron chi connectivity index (χ4n) is 1.82. The molecular formula is C12H14ClFN2O2. The summed E-state index contributed by atoms with van der Waals surface area (Å²) in [5, 5.41) is 0.740. The van der Waals surface area contributed by atoms with E-state index in [-0.39, 0.29) is 18.2 Å². The van der Waals surface area contributed by atoms with E-state index in [9.17, 15) is 9.18 Å². The van der Waals surface area contributed by atoms with Gasteiger partial charge in [0, 0.05) is 18.0 Å². The molecule has 0 fully saturated rings. The number of nitrogens with one attached hydrogen (secondary N) is 1. The maximum absolute atomic E-state index is 13.4. The first-order valence-electron chi connectivity index (χ1n) is 5.21. The van der Waals surface area contributed by atoms with Crippen molar-refractivity contribution in [1.82, 2.24) is 4.98 Å². The third kappa shape index (κ3) is 2.63. The van der Waals surface area contributed by atoms with E-state index >= 15 is 0 Å². The van der Waals surface area contributed by atoms with Crippen molar-refractivity contribution in [3.05, 3.63) is 35.8 Å². The summed E-state index contributed by atoms with van der Waals surface area (Å²) in [7, 11) is 1.29. The molecule has 0 aliphatic carbocycles. The molecule has 0 saturated heterocycles. The van der Waals surface area contributed by atoms with Gasteiger partial charge in [-0.1, -0.05) is 12.1 Å². The number of H-pyrrole nitrogens is 1. The number of fused-ring (bicyclic) bond motifs is 1. The fraction of sp³-hybridized carbons (Fsp3) is 0.250. The lowest BCUT2D eigenvalue weighted by Gasteiger charge is -2.07. The second kappa shape index (κ2) is 5.84. The van der Waals surface area contributed by atoms with Gasteiger partial charge in [-0.3, -0.25) is 4.79 Å². The van der Waals surface area contributed by atoms with Gasteiger partial charge in [0.05, 0.1) is 12.6 Å². The van der Waals surface area contributed by atoms with Crippen molar-refractivity contribution >= 4 is 29.3 Å². The fourth-order valence-corrected chi connectivity index (χ4v) is 1.82. The molecule has 1 atom stereocenters. The normalized spacial score (nSPS) is 11.9. The minimum atomic E-state index is -0.734. The molecule has 1 aromatic heterocycles. The number of aromatic nitrogens is 1. The Morgan fingerprint density at radius 3 is 2.94 bits per heavy atom. The Morgan fingerprint density at radius 2 is 2.28 bits per heavy atom. The molecule has 2 aromatic rings. The molecule has 2 rings (SSSR count). The van der Waals surface area contributed by atoms with E-state index in [1.165, 1.54) is 13.2 Å². The van der Waals surface area contributed by atoms with Gasteiger partial charge in [-0.05, 0) is 11.6 Å². The van der Waals surface area contributed by atoms with E-state index in [2.05, 4.69) is 9.72 Å². The van der Waals surface area contributed by atoms with Gasteiger partial charge < -0.3 is 15.5 Å². The summed E-state index contributed by atoms with van der Waals surface area (Å²) in [6.07, 6.45) is 1.98. The van der Waals surface area contributed by atoms with E-state index in [4.69, 9.17) is 5.73 Å².